The molecule has 2 amide bonds. The smallest absolute Gasteiger partial charge is 0.264 e. The average Bonchev–Trinajstić information content (AvgIpc) is 3.56. The van der Waals surface area contributed by atoms with Crippen LogP contribution in [0, 0.1) is 5.92 Å². The summed E-state index contributed by atoms with van der Waals surface area (Å²) in [7, 11) is -3.29. The number of H-pyrrole nitrogens is 1. The summed E-state index contributed by atoms with van der Waals surface area (Å²) in [6, 6.07) is 20.6. The van der Waals surface area contributed by atoms with Gasteiger partial charge in [-0.1, -0.05) is 48.9 Å². The number of amides is 2. The average molecular weight is 620 g/mol. The van der Waals surface area contributed by atoms with Crippen LogP contribution in [0.2, 0.25) is 23.7 Å². The molecule has 3 heterocycles. The van der Waals surface area contributed by atoms with Crippen LogP contribution in [-0.4, -0.2) is 43.0 Å². The van der Waals surface area contributed by atoms with Crippen LogP contribution in [0.3, 0.4) is 0 Å². The molecule has 2 aliphatic heterocycles. The Labute approximate surface area is 256 Å². The standard InChI is InChI=1S/C33H35ClFN3O4Si/c1-20-31(43(2,3)35)29(13-14-39)42-33(20)26-17-23(34)11-12-28(26)38(32(33)41)19-21-7-6-8-24(15-21)37-30(40)16-22-18-36-27-10-5-4-9-25(22)27/h4-12,15,17-18,20,29,31,36,39H,13-14,16,19H2,1-3H3,(H,37,40)/t20-,29+,31-,33+/m1/s1. The van der Waals surface area contributed by atoms with Crippen LogP contribution < -0.4 is 10.2 Å². The van der Waals surface area contributed by atoms with Gasteiger partial charge in [0.05, 0.1) is 24.8 Å². The molecule has 3 N–H and O–H groups in total. The number of aliphatic hydroxyl groups is 1. The van der Waals surface area contributed by atoms with Crippen molar-refractivity contribution in [3.8, 4) is 0 Å². The number of nitrogens with zero attached hydrogens (tertiary/aromatic N) is 1. The lowest BCUT2D eigenvalue weighted by Gasteiger charge is -2.31. The van der Waals surface area contributed by atoms with Gasteiger partial charge >= 0.3 is 0 Å². The second-order valence-electron chi connectivity index (χ2n) is 12.1. The Morgan fingerprint density at radius 3 is 2.72 bits per heavy atom. The first-order chi connectivity index (χ1) is 20.5. The number of benzene rings is 3. The van der Waals surface area contributed by atoms with Crippen LogP contribution in [0.25, 0.3) is 10.9 Å². The fourth-order valence-electron chi connectivity index (χ4n) is 7.16. The Morgan fingerprint density at radius 2 is 1.95 bits per heavy atom. The summed E-state index contributed by atoms with van der Waals surface area (Å²) in [5.41, 5.74) is 2.74. The first kappa shape index (κ1) is 29.6. The van der Waals surface area contributed by atoms with Crippen LogP contribution >= 0.6 is 11.6 Å². The molecule has 10 heteroatoms. The summed E-state index contributed by atoms with van der Waals surface area (Å²) < 4.78 is 22.3. The molecule has 1 aromatic heterocycles. The topological polar surface area (TPSA) is 94.7 Å². The van der Waals surface area contributed by atoms with Crippen molar-refractivity contribution in [2.75, 3.05) is 16.8 Å². The van der Waals surface area contributed by atoms with Gasteiger partial charge in [-0.25, -0.2) is 0 Å². The van der Waals surface area contributed by atoms with E-state index in [2.05, 4.69) is 10.3 Å². The fraction of sp³-hybridized carbons (Fsp3) is 0.333. The highest BCUT2D eigenvalue weighted by Gasteiger charge is 2.66. The lowest BCUT2D eigenvalue weighted by molar-refractivity contribution is -0.146. The van der Waals surface area contributed by atoms with Crippen LogP contribution in [0.1, 0.15) is 30.0 Å². The quantitative estimate of drug-likeness (QED) is 0.151. The van der Waals surface area contributed by atoms with Crippen LogP contribution in [0.15, 0.2) is 72.9 Å². The molecule has 224 valence electrons. The molecular weight excluding hydrogens is 585 g/mol. The van der Waals surface area contributed by atoms with E-state index >= 15 is 4.11 Å². The van der Waals surface area contributed by atoms with E-state index in [-0.39, 0.29) is 37.8 Å². The maximum atomic E-state index is 15.7. The number of hydrogen-bond donors (Lipinski definition) is 3. The molecular formula is C33H35ClFN3O4Si. The van der Waals surface area contributed by atoms with Crippen molar-refractivity contribution in [2.24, 2.45) is 5.92 Å². The van der Waals surface area contributed by atoms with Crippen molar-refractivity contribution in [3.05, 3.63) is 94.6 Å². The molecule has 2 aliphatic rings. The van der Waals surface area contributed by atoms with Crippen LogP contribution in [0.4, 0.5) is 15.5 Å². The molecule has 4 aromatic rings. The number of anilines is 2. The number of nitrogens with one attached hydrogen (secondary N) is 2. The molecule has 0 saturated carbocycles. The van der Waals surface area contributed by atoms with E-state index in [9.17, 15) is 14.7 Å². The fourth-order valence-corrected chi connectivity index (χ4v) is 9.87. The zero-order chi connectivity index (χ0) is 30.5. The molecule has 3 aromatic carbocycles. The highest BCUT2D eigenvalue weighted by Crippen LogP contribution is 2.60. The molecule has 43 heavy (non-hydrogen) atoms. The van der Waals surface area contributed by atoms with Gasteiger partial charge in [-0.15, -0.1) is 0 Å². The maximum Gasteiger partial charge on any atom is 0.264 e. The van der Waals surface area contributed by atoms with Crippen molar-refractivity contribution in [3.63, 3.8) is 0 Å². The summed E-state index contributed by atoms with van der Waals surface area (Å²) in [5, 5.41) is 14.2. The number of aliphatic hydroxyl groups excluding tert-OH is 1. The Hall–Kier alpha value is -3.50. The summed E-state index contributed by atoms with van der Waals surface area (Å²) in [6.45, 7) is 5.22. The van der Waals surface area contributed by atoms with E-state index in [0.717, 1.165) is 22.0 Å². The van der Waals surface area contributed by atoms with Gasteiger partial charge in [0.25, 0.3) is 5.91 Å². The Balaban J connectivity index is 1.27. The van der Waals surface area contributed by atoms with Crippen LogP contribution in [0.5, 0.6) is 0 Å². The minimum absolute atomic E-state index is 0.148. The number of halogens is 2. The Bertz CT molecular complexity index is 1700. The molecule has 7 nitrogen and oxygen atoms in total. The predicted molar refractivity (Wildman–Crippen MR) is 169 cm³/mol. The molecule has 1 saturated heterocycles. The lowest BCUT2D eigenvalue weighted by Crippen LogP contribution is -2.45. The highest BCUT2D eigenvalue weighted by molar-refractivity contribution is 6.72. The van der Waals surface area contributed by atoms with E-state index in [4.69, 9.17) is 16.3 Å². The van der Waals surface area contributed by atoms with Crippen molar-refractivity contribution < 1.29 is 23.5 Å². The van der Waals surface area contributed by atoms with Crippen molar-refractivity contribution in [2.45, 2.75) is 56.7 Å². The van der Waals surface area contributed by atoms with Crippen molar-refractivity contribution in [1.82, 2.24) is 4.98 Å². The van der Waals surface area contributed by atoms with Gasteiger partial charge in [-0.2, -0.15) is 0 Å². The summed E-state index contributed by atoms with van der Waals surface area (Å²) >= 11 is 6.43. The number of hydrogen-bond acceptors (Lipinski definition) is 4. The second-order valence-corrected chi connectivity index (χ2v) is 16.4. The normalized spacial score (nSPS) is 23.3. The molecule has 0 bridgehead atoms. The number of aromatic nitrogens is 1. The van der Waals surface area contributed by atoms with E-state index in [1.807, 2.05) is 61.7 Å². The number of carbonyl (C=O) groups is 2. The molecule has 6 rings (SSSR count). The van der Waals surface area contributed by atoms with Gasteiger partial charge in [0.1, 0.15) is 0 Å². The Morgan fingerprint density at radius 1 is 1.16 bits per heavy atom. The lowest BCUT2D eigenvalue weighted by atomic mass is 9.82. The Kier molecular flexibility index (Phi) is 7.70. The first-order valence-corrected chi connectivity index (χ1v) is 17.9. The minimum Gasteiger partial charge on any atom is -0.396 e. The molecule has 0 unspecified atom stereocenters. The van der Waals surface area contributed by atoms with Crippen LogP contribution in [-0.2, 0) is 32.9 Å². The van der Waals surface area contributed by atoms with Gasteiger partial charge < -0.3 is 29.2 Å². The molecule has 0 aliphatic carbocycles. The number of rotatable bonds is 8. The number of ether oxygens (including phenoxy) is 1. The first-order valence-electron chi connectivity index (χ1n) is 14.6. The summed E-state index contributed by atoms with van der Waals surface area (Å²) in [5.74, 6) is -0.874. The van der Waals surface area contributed by atoms with Crippen molar-refractivity contribution >= 4 is 54.1 Å². The molecule has 0 radical (unpaired) electrons. The molecule has 1 fully saturated rings. The minimum atomic E-state index is -3.29. The monoisotopic (exact) mass is 619 g/mol. The predicted octanol–water partition coefficient (Wildman–Crippen LogP) is 6.71. The largest absolute Gasteiger partial charge is 0.396 e. The molecule has 1 spiro atoms. The summed E-state index contributed by atoms with van der Waals surface area (Å²) in [4.78, 5) is 32.2. The van der Waals surface area contributed by atoms with E-state index < -0.39 is 31.6 Å². The third kappa shape index (κ3) is 5.18. The van der Waals surface area contributed by atoms with E-state index in [0.29, 0.717) is 22.0 Å². The van der Waals surface area contributed by atoms with Gasteiger partial charge in [0, 0.05) is 51.4 Å². The zero-order valence-electron chi connectivity index (χ0n) is 24.4. The number of fused-ring (bicyclic) bond motifs is 3. The van der Waals surface area contributed by atoms with Gasteiger partial charge in [0.15, 0.2) is 5.60 Å². The van der Waals surface area contributed by atoms with Gasteiger partial charge in [0.2, 0.25) is 14.3 Å². The third-order valence-corrected chi connectivity index (χ3v) is 11.6. The number of aromatic amines is 1. The zero-order valence-corrected chi connectivity index (χ0v) is 26.1. The highest BCUT2D eigenvalue weighted by atomic mass is 35.5. The van der Waals surface area contributed by atoms with Crippen molar-refractivity contribution in [1.29, 1.82) is 0 Å². The van der Waals surface area contributed by atoms with Gasteiger partial charge in [-0.3, -0.25) is 9.59 Å². The SMILES string of the molecule is C[C@@H]1[C@@H]([Si](C)(C)F)[C@H](CCO)O[C@@]12C(=O)N(Cc1cccc(NC(=O)Cc3c[nH]c4ccccc34)c1)c1ccc(Cl)cc12. The molecule has 4 atom stereocenters. The maximum absolute atomic E-state index is 15.7. The van der Waals surface area contributed by atoms with E-state index in [1.54, 1.807) is 36.2 Å². The van der Waals surface area contributed by atoms with Gasteiger partial charge in [-0.05, 0) is 67.0 Å². The summed E-state index contributed by atoms with van der Waals surface area (Å²) in [6.07, 6.45) is 1.74. The number of carbonyl (C=O) groups excluding carboxylic acids is 2. The second kappa shape index (κ2) is 11.2. The van der Waals surface area contributed by atoms with E-state index in [1.165, 1.54) is 0 Å². The third-order valence-electron chi connectivity index (χ3n) is 8.91. The number of para-hydroxylation sites is 1.